The van der Waals surface area contributed by atoms with Crippen LogP contribution in [0.3, 0.4) is 0 Å². The Balaban J connectivity index is 2.14. The number of carbonyl (C=O) groups excluding carboxylic acids is 3. The molecule has 2 rings (SSSR count). The standard InChI is InChI=1S/C19H16BrClO5/c1-25-17(22)3-2-4-18(23)26-16-10-7-13(20)11-15(16)19(24)12-5-8-14(21)9-6-12/h5-11H,2-4H2,1H3. The maximum atomic E-state index is 12.7. The van der Waals surface area contributed by atoms with Gasteiger partial charge in [0.2, 0.25) is 0 Å². The highest BCUT2D eigenvalue weighted by molar-refractivity contribution is 9.10. The Bertz CT molecular complexity index is 817. The number of hydrogen-bond acceptors (Lipinski definition) is 5. The molecule has 0 aliphatic heterocycles. The molecule has 0 radical (unpaired) electrons. The summed E-state index contributed by atoms with van der Waals surface area (Å²) in [6.45, 7) is 0. The van der Waals surface area contributed by atoms with Gasteiger partial charge in [-0.2, -0.15) is 0 Å². The van der Waals surface area contributed by atoms with Gasteiger partial charge < -0.3 is 9.47 Å². The average Bonchev–Trinajstić information content (AvgIpc) is 2.63. The second-order valence-corrected chi connectivity index (χ2v) is 6.73. The van der Waals surface area contributed by atoms with Crippen LogP contribution in [0, 0.1) is 0 Å². The smallest absolute Gasteiger partial charge is 0.311 e. The van der Waals surface area contributed by atoms with E-state index in [1.165, 1.54) is 7.11 Å². The van der Waals surface area contributed by atoms with Crippen LogP contribution in [0.2, 0.25) is 5.02 Å². The van der Waals surface area contributed by atoms with Crippen LogP contribution >= 0.6 is 27.5 Å². The quantitative estimate of drug-likeness (QED) is 0.359. The molecule has 0 aliphatic rings. The van der Waals surface area contributed by atoms with Gasteiger partial charge in [-0.15, -0.1) is 0 Å². The van der Waals surface area contributed by atoms with Crippen molar-refractivity contribution in [1.29, 1.82) is 0 Å². The van der Waals surface area contributed by atoms with Crippen molar-refractivity contribution in [3.63, 3.8) is 0 Å². The second kappa shape index (κ2) is 9.50. The largest absolute Gasteiger partial charge is 0.469 e. The van der Waals surface area contributed by atoms with Gasteiger partial charge in [-0.1, -0.05) is 27.5 Å². The minimum Gasteiger partial charge on any atom is -0.469 e. The van der Waals surface area contributed by atoms with E-state index in [9.17, 15) is 14.4 Å². The van der Waals surface area contributed by atoms with Crippen LogP contribution in [0.4, 0.5) is 0 Å². The fraction of sp³-hybridized carbons (Fsp3) is 0.211. The Hall–Kier alpha value is -2.18. The van der Waals surface area contributed by atoms with Crippen molar-refractivity contribution in [2.24, 2.45) is 0 Å². The summed E-state index contributed by atoms with van der Waals surface area (Å²) < 4.78 is 10.5. The van der Waals surface area contributed by atoms with E-state index >= 15 is 0 Å². The average molecular weight is 440 g/mol. The Morgan fingerprint density at radius 1 is 1.00 bits per heavy atom. The minimum atomic E-state index is -0.526. The van der Waals surface area contributed by atoms with Crippen LogP contribution in [0.15, 0.2) is 46.9 Å². The van der Waals surface area contributed by atoms with Crippen molar-refractivity contribution >= 4 is 45.3 Å². The molecule has 0 unspecified atom stereocenters. The molecule has 26 heavy (non-hydrogen) atoms. The predicted molar refractivity (Wildman–Crippen MR) is 101 cm³/mol. The number of ketones is 1. The van der Waals surface area contributed by atoms with Gasteiger partial charge in [0, 0.05) is 27.9 Å². The van der Waals surface area contributed by atoms with Gasteiger partial charge >= 0.3 is 11.9 Å². The molecule has 0 N–H and O–H groups in total. The van der Waals surface area contributed by atoms with E-state index in [1.807, 2.05) is 0 Å². The SMILES string of the molecule is COC(=O)CCCC(=O)Oc1ccc(Br)cc1C(=O)c1ccc(Cl)cc1. The second-order valence-electron chi connectivity index (χ2n) is 5.38. The fourth-order valence-electron chi connectivity index (χ4n) is 2.18. The molecule has 0 amide bonds. The number of esters is 2. The number of benzene rings is 2. The maximum absolute atomic E-state index is 12.7. The van der Waals surface area contributed by atoms with Gasteiger partial charge in [-0.25, -0.2) is 0 Å². The van der Waals surface area contributed by atoms with Crippen molar-refractivity contribution in [2.75, 3.05) is 7.11 Å². The number of halogens is 2. The van der Waals surface area contributed by atoms with Crippen LogP contribution in [-0.2, 0) is 14.3 Å². The summed E-state index contributed by atoms with van der Waals surface area (Å²) in [6, 6.07) is 11.3. The summed E-state index contributed by atoms with van der Waals surface area (Å²) in [5, 5.41) is 0.521. The van der Waals surface area contributed by atoms with E-state index in [0.29, 0.717) is 21.5 Å². The Morgan fingerprint density at radius 3 is 2.31 bits per heavy atom. The first-order valence-electron chi connectivity index (χ1n) is 7.78. The van der Waals surface area contributed by atoms with Crippen LogP contribution in [-0.4, -0.2) is 24.8 Å². The van der Waals surface area contributed by atoms with Crippen molar-refractivity contribution < 1.29 is 23.9 Å². The number of ether oxygens (including phenoxy) is 2. The Labute approximate surface area is 164 Å². The van der Waals surface area contributed by atoms with Crippen LogP contribution in [0.5, 0.6) is 5.75 Å². The molecule has 0 atom stereocenters. The summed E-state index contributed by atoms with van der Waals surface area (Å²) in [5.41, 5.74) is 0.679. The van der Waals surface area contributed by atoms with Gasteiger partial charge in [-0.3, -0.25) is 14.4 Å². The molecule has 2 aromatic carbocycles. The molecule has 0 fully saturated rings. The number of methoxy groups -OCH3 is 1. The van der Waals surface area contributed by atoms with E-state index in [4.69, 9.17) is 16.3 Å². The number of rotatable bonds is 7. The zero-order valence-corrected chi connectivity index (χ0v) is 16.3. The zero-order chi connectivity index (χ0) is 19.1. The predicted octanol–water partition coefficient (Wildman–Crippen LogP) is 4.58. The molecule has 5 nitrogen and oxygen atoms in total. The first-order chi connectivity index (χ1) is 12.4. The highest BCUT2D eigenvalue weighted by Crippen LogP contribution is 2.27. The van der Waals surface area contributed by atoms with Crippen LogP contribution in [0.25, 0.3) is 0 Å². The van der Waals surface area contributed by atoms with Crippen molar-refractivity contribution in [3.8, 4) is 5.75 Å². The summed E-state index contributed by atoms with van der Waals surface area (Å²) >= 11 is 9.16. The highest BCUT2D eigenvalue weighted by atomic mass is 79.9. The molecule has 2 aromatic rings. The summed E-state index contributed by atoms with van der Waals surface area (Å²) in [4.78, 5) is 35.8. The molecule has 0 heterocycles. The van der Waals surface area contributed by atoms with E-state index < -0.39 is 5.97 Å². The molecule has 0 saturated carbocycles. The molecular formula is C19H16BrClO5. The normalized spacial score (nSPS) is 10.3. The summed E-state index contributed by atoms with van der Waals surface area (Å²) in [6.07, 6.45) is 0.477. The molecule has 0 aliphatic carbocycles. The van der Waals surface area contributed by atoms with Gasteiger partial charge in [0.1, 0.15) is 5.75 Å². The lowest BCUT2D eigenvalue weighted by Crippen LogP contribution is -2.12. The van der Waals surface area contributed by atoms with E-state index in [2.05, 4.69) is 20.7 Å². The fourth-order valence-corrected chi connectivity index (χ4v) is 2.67. The molecule has 136 valence electrons. The Morgan fingerprint density at radius 2 is 1.65 bits per heavy atom. The van der Waals surface area contributed by atoms with Crippen LogP contribution < -0.4 is 4.74 Å². The van der Waals surface area contributed by atoms with Gasteiger partial charge in [0.15, 0.2) is 5.78 Å². The van der Waals surface area contributed by atoms with Gasteiger partial charge in [0.25, 0.3) is 0 Å². The lowest BCUT2D eigenvalue weighted by molar-refractivity contribution is -0.141. The first kappa shape index (κ1) is 20.1. The monoisotopic (exact) mass is 438 g/mol. The summed E-state index contributed by atoms with van der Waals surface area (Å²) in [5.74, 6) is -1.04. The van der Waals surface area contributed by atoms with Gasteiger partial charge in [0.05, 0.1) is 12.7 Å². The zero-order valence-electron chi connectivity index (χ0n) is 14.0. The minimum absolute atomic E-state index is 0.0414. The first-order valence-corrected chi connectivity index (χ1v) is 8.95. The molecule has 0 aromatic heterocycles. The van der Waals surface area contributed by atoms with E-state index in [0.717, 1.165) is 0 Å². The number of hydrogen-bond donors (Lipinski definition) is 0. The summed E-state index contributed by atoms with van der Waals surface area (Å²) in [7, 11) is 1.29. The number of carbonyl (C=O) groups is 3. The van der Waals surface area contributed by atoms with Crippen molar-refractivity contribution in [2.45, 2.75) is 19.3 Å². The lowest BCUT2D eigenvalue weighted by Gasteiger charge is -2.10. The van der Waals surface area contributed by atoms with Crippen molar-refractivity contribution in [3.05, 3.63) is 63.1 Å². The van der Waals surface area contributed by atoms with Gasteiger partial charge in [-0.05, 0) is 48.9 Å². The molecule has 0 saturated heterocycles. The molecule has 0 bridgehead atoms. The van der Waals surface area contributed by atoms with Crippen LogP contribution in [0.1, 0.15) is 35.2 Å². The molecule has 0 spiro atoms. The van der Waals surface area contributed by atoms with Crippen molar-refractivity contribution in [1.82, 2.24) is 0 Å². The molecular weight excluding hydrogens is 424 g/mol. The third-order valence-electron chi connectivity index (χ3n) is 3.51. The topological polar surface area (TPSA) is 69.7 Å². The third kappa shape index (κ3) is 5.68. The molecule has 7 heteroatoms. The van der Waals surface area contributed by atoms with E-state index in [-0.39, 0.29) is 35.9 Å². The maximum Gasteiger partial charge on any atom is 0.311 e. The third-order valence-corrected chi connectivity index (χ3v) is 4.25. The lowest BCUT2D eigenvalue weighted by atomic mass is 10.0. The highest BCUT2D eigenvalue weighted by Gasteiger charge is 2.18. The van der Waals surface area contributed by atoms with E-state index in [1.54, 1.807) is 42.5 Å². The Kier molecular flexibility index (Phi) is 7.36.